The minimum atomic E-state index is -4.03. The van der Waals surface area contributed by atoms with Crippen LogP contribution in [0.25, 0.3) is 0 Å². The van der Waals surface area contributed by atoms with Crippen molar-refractivity contribution < 1.29 is 21.6 Å². The normalized spacial score (nSPS) is 12.1. The summed E-state index contributed by atoms with van der Waals surface area (Å²) in [5.41, 5.74) is 0.0388. The Morgan fingerprint density at radius 1 is 1.23 bits per heavy atom. The predicted molar refractivity (Wildman–Crippen MR) is 82.5 cm³/mol. The fourth-order valence-electron chi connectivity index (χ4n) is 1.68. The molecule has 1 aromatic heterocycles. The van der Waals surface area contributed by atoms with Gasteiger partial charge in [-0.15, -0.1) is 11.3 Å². The SMILES string of the molecule is CC(=O)c1ccc(NS(C)(=O)=O)c(S(=O)(=O)c2nccs2)c1. The molecule has 7 nitrogen and oxygen atoms in total. The van der Waals surface area contributed by atoms with E-state index in [1.165, 1.54) is 30.6 Å². The number of hydrogen-bond acceptors (Lipinski definition) is 7. The molecule has 0 saturated carbocycles. The Hall–Kier alpha value is -1.78. The molecule has 2 aromatic rings. The van der Waals surface area contributed by atoms with Crippen molar-refractivity contribution in [2.75, 3.05) is 11.0 Å². The number of nitrogens with one attached hydrogen (secondary N) is 1. The van der Waals surface area contributed by atoms with Gasteiger partial charge in [0.1, 0.15) is 0 Å². The van der Waals surface area contributed by atoms with Crippen molar-refractivity contribution in [1.82, 2.24) is 4.98 Å². The second kappa shape index (κ2) is 5.78. The molecule has 10 heteroatoms. The van der Waals surface area contributed by atoms with Crippen LogP contribution in [-0.2, 0) is 19.9 Å². The lowest BCUT2D eigenvalue weighted by Gasteiger charge is -2.11. The molecule has 0 bridgehead atoms. The monoisotopic (exact) mass is 360 g/mol. The molecule has 2 rings (SSSR count). The van der Waals surface area contributed by atoms with E-state index in [0.29, 0.717) is 0 Å². The minimum Gasteiger partial charge on any atom is -0.295 e. The summed E-state index contributed by atoms with van der Waals surface area (Å²) in [5, 5.41) is 1.49. The number of nitrogens with zero attached hydrogens (tertiary/aromatic N) is 1. The van der Waals surface area contributed by atoms with Crippen LogP contribution in [0.1, 0.15) is 17.3 Å². The molecule has 1 N–H and O–H groups in total. The number of benzene rings is 1. The summed E-state index contributed by atoms with van der Waals surface area (Å²) in [5.74, 6) is -0.332. The van der Waals surface area contributed by atoms with E-state index in [4.69, 9.17) is 0 Å². The summed E-state index contributed by atoms with van der Waals surface area (Å²) in [7, 11) is -7.70. The lowest BCUT2D eigenvalue weighted by molar-refractivity contribution is 0.101. The Labute approximate surface area is 132 Å². The first kappa shape index (κ1) is 16.6. The van der Waals surface area contributed by atoms with Gasteiger partial charge in [-0.3, -0.25) is 9.52 Å². The number of carbonyl (C=O) groups excluding carboxylic acids is 1. The maximum atomic E-state index is 12.6. The summed E-state index contributed by atoms with van der Waals surface area (Å²) < 4.78 is 49.9. The highest BCUT2D eigenvalue weighted by Gasteiger charge is 2.26. The quantitative estimate of drug-likeness (QED) is 0.810. The zero-order valence-corrected chi connectivity index (χ0v) is 14.0. The second-order valence-corrected chi connectivity index (χ2v) is 9.18. The van der Waals surface area contributed by atoms with Crippen LogP contribution >= 0.6 is 11.3 Å². The number of carbonyl (C=O) groups is 1. The highest BCUT2D eigenvalue weighted by Crippen LogP contribution is 2.30. The molecule has 0 aliphatic carbocycles. The van der Waals surface area contributed by atoms with Crippen LogP contribution in [0.15, 0.2) is 39.0 Å². The van der Waals surface area contributed by atoms with Gasteiger partial charge in [-0.25, -0.2) is 21.8 Å². The maximum Gasteiger partial charge on any atom is 0.235 e. The summed E-state index contributed by atoms with van der Waals surface area (Å²) in [6.07, 6.45) is 2.24. The van der Waals surface area contributed by atoms with Crippen molar-refractivity contribution in [2.24, 2.45) is 0 Å². The molecule has 0 unspecified atom stereocenters. The van der Waals surface area contributed by atoms with E-state index in [1.54, 1.807) is 0 Å². The van der Waals surface area contributed by atoms with Gasteiger partial charge in [-0.2, -0.15) is 0 Å². The standard InChI is InChI=1S/C12H12N2O5S3/c1-8(15)9-3-4-10(14-21(2,16)17)11(7-9)22(18,19)12-13-5-6-20-12/h3-7,14H,1-2H3. The Morgan fingerprint density at radius 3 is 2.41 bits per heavy atom. The minimum absolute atomic E-state index is 0.122. The third-order valence-electron chi connectivity index (χ3n) is 2.61. The third-order valence-corrected chi connectivity index (χ3v) is 6.20. The first-order valence-electron chi connectivity index (χ1n) is 5.88. The number of sulfonamides is 1. The van der Waals surface area contributed by atoms with Crippen LogP contribution < -0.4 is 4.72 Å². The van der Waals surface area contributed by atoms with Crippen molar-refractivity contribution in [3.8, 4) is 0 Å². The van der Waals surface area contributed by atoms with Crippen LogP contribution in [0.2, 0.25) is 0 Å². The van der Waals surface area contributed by atoms with Crippen LogP contribution in [0.5, 0.6) is 0 Å². The molecule has 0 atom stereocenters. The average molecular weight is 360 g/mol. The molecule has 118 valence electrons. The first-order valence-corrected chi connectivity index (χ1v) is 10.1. The van der Waals surface area contributed by atoms with Crippen LogP contribution in [0.3, 0.4) is 0 Å². The zero-order chi connectivity index (χ0) is 16.5. The number of Topliss-reactive ketones (excluding diaryl/α,β-unsaturated/α-hetero) is 1. The van der Waals surface area contributed by atoms with Gasteiger partial charge in [0, 0.05) is 17.1 Å². The predicted octanol–water partition coefficient (Wildman–Crippen LogP) is 1.55. The van der Waals surface area contributed by atoms with E-state index in [1.807, 2.05) is 0 Å². The molecular formula is C12H12N2O5S3. The number of aromatic nitrogens is 1. The number of hydrogen-bond donors (Lipinski definition) is 1. The molecule has 0 saturated heterocycles. The van der Waals surface area contributed by atoms with Crippen LogP contribution in [-0.4, -0.2) is 33.9 Å². The highest BCUT2D eigenvalue weighted by molar-refractivity contribution is 7.94. The molecule has 0 radical (unpaired) electrons. The van der Waals surface area contributed by atoms with Gasteiger partial charge in [0.25, 0.3) is 0 Å². The second-order valence-electron chi connectivity index (χ2n) is 4.44. The topological polar surface area (TPSA) is 110 Å². The molecule has 1 heterocycles. The lowest BCUT2D eigenvalue weighted by Crippen LogP contribution is -2.14. The summed E-state index contributed by atoms with van der Waals surface area (Å²) >= 11 is 0.904. The molecule has 0 aliphatic heterocycles. The van der Waals surface area contributed by atoms with Gasteiger partial charge < -0.3 is 0 Å². The van der Waals surface area contributed by atoms with E-state index in [9.17, 15) is 21.6 Å². The van der Waals surface area contributed by atoms with Gasteiger partial charge in [0.05, 0.1) is 16.8 Å². The fourth-order valence-corrected chi connectivity index (χ4v) is 4.71. The van der Waals surface area contributed by atoms with Gasteiger partial charge in [-0.1, -0.05) is 0 Å². The molecule has 0 amide bonds. The Kier molecular flexibility index (Phi) is 4.36. The van der Waals surface area contributed by atoms with Crippen molar-refractivity contribution in [3.05, 3.63) is 35.3 Å². The van der Waals surface area contributed by atoms with Gasteiger partial charge in [0.2, 0.25) is 24.2 Å². The van der Waals surface area contributed by atoms with Gasteiger partial charge in [-0.05, 0) is 25.1 Å². The zero-order valence-electron chi connectivity index (χ0n) is 11.6. The number of sulfone groups is 1. The largest absolute Gasteiger partial charge is 0.295 e. The highest BCUT2D eigenvalue weighted by atomic mass is 32.2. The molecule has 0 aliphatic rings. The van der Waals surface area contributed by atoms with Crippen LogP contribution in [0, 0.1) is 0 Å². The number of anilines is 1. The van der Waals surface area contributed by atoms with Crippen LogP contribution in [0.4, 0.5) is 5.69 Å². The first-order chi connectivity index (χ1) is 10.1. The van der Waals surface area contributed by atoms with Gasteiger partial charge >= 0.3 is 0 Å². The van der Waals surface area contributed by atoms with Gasteiger partial charge in [0.15, 0.2) is 5.78 Å². The summed E-state index contributed by atoms with van der Waals surface area (Å²) in [6.45, 7) is 1.29. The van der Waals surface area contributed by atoms with Crippen molar-refractivity contribution in [3.63, 3.8) is 0 Å². The van der Waals surface area contributed by atoms with E-state index in [0.717, 1.165) is 23.7 Å². The molecule has 0 fully saturated rings. The number of ketones is 1. The Bertz CT molecular complexity index is 916. The van der Waals surface area contributed by atoms with Crippen molar-refractivity contribution in [2.45, 2.75) is 16.2 Å². The Morgan fingerprint density at radius 2 is 1.91 bits per heavy atom. The Balaban J connectivity index is 2.70. The lowest BCUT2D eigenvalue weighted by atomic mass is 10.1. The van der Waals surface area contributed by atoms with E-state index >= 15 is 0 Å². The number of rotatable bonds is 5. The maximum absolute atomic E-state index is 12.6. The van der Waals surface area contributed by atoms with E-state index in [2.05, 4.69) is 9.71 Å². The molecule has 22 heavy (non-hydrogen) atoms. The molecule has 1 aromatic carbocycles. The van der Waals surface area contributed by atoms with Crippen molar-refractivity contribution in [1.29, 1.82) is 0 Å². The van der Waals surface area contributed by atoms with E-state index in [-0.39, 0.29) is 26.3 Å². The fraction of sp³-hybridized carbons (Fsp3) is 0.167. The summed E-state index contributed by atoms with van der Waals surface area (Å²) in [6, 6.07) is 3.75. The third kappa shape index (κ3) is 3.51. The average Bonchev–Trinajstić information content (AvgIpc) is 2.91. The molecule has 0 spiro atoms. The smallest absolute Gasteiger partial charge is 0.235 e. The van der Waals surface area contributed by atoms with Crippen molar-refractivity contribution >= 4 is 42.7 Å². The van der Waals surface area contributed by atoms with E-state index < -0.39 is 19.9 Å². The summed E-state index contributed by atoms with van der Waals surface area (Å²) in [4.78, 5) is 14.9. The number of thiazole rings is 1. The molecular weight excluding hydrogens is 348 g/mol.